The van der Waals surface area contributed by atoms with Crippen molar-refractivity contribution in [3.63, 3.8) is 0 Å². The molecule has 37 heavy (non-hydrogen) atoms. The molecule has 9 nitrogen and oxygen atoms in total. The number of aryl methyl sites for hydroxylation is 2. The predicted octanol–water partition coefficient (Wildman–Crippen LogP) is 4.61. The number of nitrogens with zero attached hydrogens (tertiary/aromatic N) is 6. The van der Waals surface area contributed by atoms with E-state index in [0.29, 0.717) is 45.0 Å². The number of halogens is 1. The molecule has 0 aliphatic carbocycles. The van der Waals surface area contributed by atoms with Crippen LogP contribution >= 0.6 is 0 Å². The fourth-order valence-electron chi connectivity index (χ4n) is 4.36. The maximum atomic E-state index is 15.4. The first-order valence-electron chi connectivity index (χ1n) is 11.2. The van der Waals surface area contributed by atoms with Crippen molar-refractivity contribution in [3.05, 3.63) is 65.8 Å². The number of nitrogens with two attached hydrogens (primary N) is 1. The minimum Gasteiger partial charge on any atom is -0.493 e. The lowest BCUT2D eigenvalue weighted by molar-refractivity contribution is 0.408. The van der Waals surface area contributed by atoms with Crippen molar-refractivity contribution in [2.24, 2.45) is 7.05 Å². The Balaban J connectivity index is 1.74. The molecule has 0 saturated heterocycles. The van der Waals surface area contributed by atoms with Gasteiger partial charge in [0.15, 0.2) is 23.0 Å². The summed E-state index contributed by atoms with van der Waals surface area (Å²) in [6.45, 7) is 3.68. The van der Waals surface area contributed by atoms with Gasteiger partial charge in [-0.05, 0) is 43.5 Å². The van der Waals surface area contributed by atoms with Gasteiger partial charge in [0.25, 0.3) is 0 Å². The molecule has 0 aliphatic rings. The van der Waals surface area contributed by atoms with Gasteiger partial charge in [0.05, 0.1) is 18.2 Å². The monoisotopic (exact) mass is 495 g/mol. The second-order valence-corrected chi connectivity index (χ2v) is 8.29. The quantitative estimate of drug-likeness (QED) is 0.352. The summed E-state index contributed by atoms with van der Waals surface area (Å²) >= 11 is 0. The number of benzene rings is 1. The summed E-state index contributed by atoms with van der Waals surface area (Å²) in [6, 6.07) is 6.40. The van der Waals surface area contributed by atoms with Gasteiger partial charge in [0.1, 0.15) is 17.8 Å². The summed E-state index contributed by atoms with van der Waals surface area (Å²) in [7, 11) is 3.38. The minimum atomic E-state index is -0.601. The number of methoxy groups -OCH3 is 1. The van der Waals surface area contributed by atoms with Gasteiger partial charge < -0.3 is 19.8 Å². The summed E-state index contributed by atoms with van der Waals surface area (Å²) in [6.07, 6.45) is 10.2. The van der Waals surface area contributed by atoms with Crippen LogP contribution in [0.25, 0.3) is 33.4 Å². The van der Waals surface area contributed by atoms with E-state index in [9.17, 15) is 0 Å². The Kier molecular flexibility index (Phi) is 5.89. The zero-order valence-corrected chi connectivity index (χ0v) is 20.6. The highest BCUT2D eigenvalue weighted by Gasteiger charge is 2.25. The summed E-state index contributed by atoms with van der Waals surface area (Å²) in [4.78, 5) is 21.2. The van der Waals surface area contributed by atoms with Crippen LogP contribution in [0.4, 0.5) is 10.2 Å². The molecule has 5 rings (SSSR count). The molecule has 0 radical (unpaired) electrons. The summed E-state index contributed by atoms with van der Waals surface area (Å²) in [5.41, 5.74) is 11.3. The van der Waals surface area contributed by atoms with E-state index in [2.05, 4.69) is 30.8 Å². The molecular weight excluding hydrogens is 473 g/mol. The van der Waals surface area contributed by atoms with Gasteiger partial charge in [0.2, 0.25) is 0 Å². The number of hydrogen-bond donors (Lipinski definition) is 1. The van der Waals surface area contributed by atoms with E-state index in [1.54, 1.807) is 31.5 Å². The normalized spacial score (nSPS) is 10.9. The van der Waals surface area contributed by atoms with Gasteiger partial charge in [-0.3, -0.25) is 0 Å². The van der Waals surface area contributed by atoms with Gasteiger partial charge in [0, 0.05) is 41.8 Å². The summed E-state index contributed by atoms with van der Waals surface area (Å²) < 4.78 is 28.4. The van der Waals surface area contributed by atoms with Gasteiger partial charge in [-0.1, -0.05) is 6.07 Å². The maximum absolute atomic E-state index is 15.4. The van der Waals surface area contributed by atoms with Gasteiger partial charge in [-0.2, -0.15) is 0 Å². The lowest BCUT2D eigenvalue weighted by Gasteiger charge is -2.15. The molecule has 184 valence electrons. The van der Waals surface area contributed by atoms with Crippen LogP contribution in [-0.4, -0.2) is 36.6 Å². The largest absolute Gasteiger partial charge is 0.493 e. The molecule has 0 atom stereocenters. The maximum Gasteiger partial charge on any atom is 0.322 e. The zero-order valence-electron chi connectivity index (χ0n) is 20.6. The molecule has 0 aliphatic heterocycles. The fourth-order valence-corrected chi connectivity index (χ4v) is 4.36. The van der Waals surface area contributed by atoms with Crippen LogP contribution in [-0.2, 0) is 7.05 Å². The first-order valence-corrected chi connectivity index (χ1v) is 11.2. The topological polar surface area (TPSA) is 114 Å². The molecule has 2 N–H and O–H groups in total. The average molecular weight is 496 g/mol. The molecular formula is C27H22FN7O2. The van der Waals surface area contributed by atoms with Crippen molar-refractivity contribution in [1.82, 2.24) is 29.5 Å². The minimum absolute atomic E-state index is 0.0155. The molecule has 0 fully saturated rings. The third-order valence-corrected chi connectivity index (χ3v) is 6.07. The Hall–Kier alpha value is -5.04. The van der Waals surface area contributed by atoms with Crippen molar-refractivity contribution >= 4 is 16.9 Å². The second-order valence-electron chi connectivity index (χ2n) is 8.29. The number of ether oxygens (including phenoxy) is 2. The average Bonchev–Trinajstić information content (AvgIpc) is 3.18. The number of pyridine rings is 1. The van der Waals surface area contributed by atoms with Crippen LogP contribution in [0.5, 0.6) is 17.5 Å². The fraction of sp³-hybridized carbons (Fsp3) is 0.148. The smallest absolute Gasteiger partial charge is 0.322 e. The number of nitrogen functional groups attached to an aromatic ring is 1. The Labute approximate surface area is 212 Å². The lowest BCUT2D eigenvalue weighted by atomic mass is 9.96. The third-order valence-electron chi connectivity index (χ3n) is 6.07. The van der Waals surface area contributed by atoms with E-state index >= 15 is 4.39 Å². The zero-order chi connectivity index (χ0) is 26.3. The van der Waals surface area contributed by atoms with E-state index in [1.165, 1.54) is 25.6 Å². The van der Waals surface area contributed by atoms with E-state index in [-0.39, 0.29) is 17.6 Å². The van der Waals surface area contributed by atoms with Crippen molar-refractivity contribution in [2.45, 2.75) is 13.8 Å². The third kappa shape index (κ3) is 3.96. The van der Waals surface area contributed by atoms with Gasteiger partial charge in [-0.15, -0.1) is 6.42 Å². The van der Waals surface area contributed by atoms with Crippen LogP contribution < -0.4 is 15.2 Å². The molecule has 0 amide bonds. The van der Waals surface area contributed by atoms with Crippen molar-refractivity contribution in [1.29, 1.82) is 0 Å². The highest BCUT2D eigenvalue weighted by Crippen LogP contribution is 2.44. The highest BCUT2D eigenvalue weighted by atomic mass is 19.1. The number of fused-ring (bicyclic) bond motifs is 1. The van der Waals surface area contributed by atoms with Gasteiger partial charge >= 0.3 is 6.01 Å². The second kappa shape index (κ2) is 9.20. The number of rotatable bonds is 5. The van der Waals surface area contributed by atoms with Crippen LogP contribution in [0.1, 0.15) is 17.0 Å². The standard InChI is InChI=1S/C27H22FN7O2/c1-6-19-24(36-5)15(3)17(12-31-19)23-21(22-25(29)32-13-33-26(22)35(23)4)16-7-8-20(18(28)11-16)37-27-30-10-9-14(2)34-27/h1,7-13H,2-5H3,(H2,29,32,33). The first-order chi connectivity index (χ1) is 17.8. The molecule has 4 heterocycles. The number of anilines is 1. The highest BCUT2D eigenvalue weighted by molar-refractivity contribution is 6.08. The molecule has 0 bridgehead atoms. The van der Waals surface area contributed by atoms with E-state index in [1.807, 2.05) is 18.5 Å². The van der Waals surface area contributed by atoms with Crippen LogP contribution in [0.2, 0.25) is 0 Å². The molecule has 4 aromatic heterocycles. The molecule has 1 aromatic carbocycles. The molecule has 5 aromatic rings. The molecule has 0 saturated carbocycles. The lowest BCUT2D eigenvalue weighted by Crippen LogP contribution is -2.01. The first kappa shape index (κ1) is 23.7. The number of hydrogen-bond acceptors (Lipinski definition) is 8. The summed E-state index contributed by atoms with van der Waals surface area (Å²) in [5, 5.41) is 0.578. The molecule has 0 unspecified atom stereocenters. The van der Waals surface area contributed by atoms with Crippen LogP contribution in [0, 0.1) is 32.0 Å². The SMILES string of the molecule is C#Cc1ncc(-c2c(-c3ccc(Oc4nccc(C)n4)c(F)c3)c3c(N)ncnc3n2C)c(C)c1OC. The Morgan fingerprint density at radius 2 is 1.92 bits per heavy atom. The van der Waals surface area contributed by atoms with Crippen molar-refractivity contribution in [3.8, 4) is 52.2 Å². The van der Waals surface area contributed by atoms with Crippen LogP contribution in [0.3, 0.4) is 0 Å². The van der Waals surface area contributed by atoms with E-state index in [4.69, 9.17) is 21.6 Å². The Morgan fingerprint density at radius 1 is 1.11 bits per heavy atom. The number of aromatic nitrogens is 6. The predicted molar refractivity (Wildman–Crippen MR) is 138 cm³/mol. The van der Waals surface area contributed by atoms with E-state index in [0.717, 1.165) is 11.1 Å². The van der Waals surface area contributed by atoms with Crippen LogP contribution in [0.15, 0.2) is 43.0 Å². The Bertz CT molecular complexity index is 1720. The van der Waals surface area contributed by atoms with Crippen molar-refractivity contribution < 1.29 is 13.9 Å². The van der Waals surface area contributed by atoms with Gasteiger partial charge in [-0.25, -0.2) is 29.3 Å². The Morgan fingerprint density at radius 3 is 2.62 bits per heavy atom. The van der Waals surface area contributed by atoms with Crippen molar-refractivity contribution in [2.75, 3.05) is 12.8 Å². The van der Waals surface area contributed by atoms with E-state index < -0.39 is 5.82 Å². The molecule has 10 heteroatoms. The number of terminal acetylenes is 1. The summed E-state index contributed by atoms with van der Waals surface area (Å²) in [5.74, 6) is 2.66. The molecule has 0 spiro atoms.